The minimum absolute atomic E-state index is 0.159. The molecule has 1 aliphatic heterocycles. The number of hydrogen-bond donors (Lipinski definition) is 1. The smallest absolute Gasteiger partial charge is 0.411 e. The second-order valence-corrected chi connectivity index (χ2v) is 14.3. The van der Waals surface area contributed by atoms with Crippen LogP contribution in [0.2, 0.25) is 5.02 Å². The lowest BCUT2D eigenvalue weighted by Crippen LogP contribution is -2.51. The van der Waals surface area contributed by atoms with Gasteiger partial charge in [0.15, 0.2) is 6.29 Å². The third-order valence-electron chi connectivity index (χ3n) is 9.04. The molecule has 230 valence electrons. The number of nitrogens with one attached hydrogen (secondary N) is 1. The lowest BCUT2D eigenvalue weighted by atomic mass is 9.49. The van der Waals surface area contributed by atoms with Crippen molar-refractivity contribution in [2.24, 2.45) is 23.2 Å². The maximum atomic E-state index is 13.2. The average molecular weight is 600 g/mol. The van der Waals surface area contributed by atoms with Gasteiger partial charge in [0.25, 0.3) is 5.91 Å². The van der Waals surface area contributed by atoms with Crippen LogP contribution in [0.1, 0.15) is 101 Å². The highest BCUT2D eigenvalue weighted by Gasteiger charge is 2.50. The van der Waals surface area contributed by atoms with Crippen molar-refractivity contribution in [3.63, 3.8) is 0 Å². The van der Waals surface area contributed by atoms with Gasteiger partial charge in [0.2, 0.25) is 0 Å². The first-order valence-electron chi connectivity index (χ1n) is 15.7. The summed E-state index contributed by atoms with van der Waals surface area (Å²) in [6, 6.07) is 1.64. The molecule has 1 N–H and O–H groups in total. The molecule has 1 aromatic rings. The van der Waals surface area contributed by atoms with Gasteiger partial charge in [0.1, 0.15) is 11.3 Å². The Balaban J connectivity index is 1.17. The zero-order valence-electron chi connectivity index (χ0n) is 25.4. The minimum Gasteiger partial charge on any atom is -0.444 e. The van der Waals surface area contributed by atoms with E-state index in [1.165, 1.54) is 44.7 Å². The molecule has 9 heteroatoms. The quantitative estimate of drug-likeness (QED) is 0.268. The van der Waals surface area contributed by atoms with Gasteiger partial charge in [0, 0.05) is 25.9 Å². The van der Waals surface area contributed by atoms with Crippen LogP contribution >= 0.6 is 11.6 Å². The number of aromatic nitrogens is 1. The van der Waals surface area contributed by atoms with Gasteiger partial charge >= 0.3 is 6.09 Å². The Kier molecular flexibility index (Phi) is 10.0. The van der Waals surface area contributed by atoms with Crippen LogP contribution < -0.4 is 5.32 Å². The van der Waals surface area contributed by atoms with Crippen molar-refractivity contribution < 1.29 is 23.8 Å². The van der Waals surface area contributed by atoms with Gasteiger partial charge in [-0.1, -0.05) is 17.5 Å². The van der Waals surface area contributed by atoms with Gasteiger partial charge < -0.3 is 19.5 Å². The van der Waals surface area contributed by atoms with Crippen LogP contribution in [-0.2, 0) is 14.2 Å². The summed E-state index contributed by atoms with van der Waals surface area (Å²) in [5.41, 5.74) is 0.436. The summed E-state index contributed by atoms with van der Waals surface area (Å²) in [5.74, 6) is 8.36. The van der Waals surface area contributed by atoms with E-state index in [4.69, 9.17) is 25.8 Å². The predicted octanol–water partition coefficient (Wildman–Crippen LogP) is 6.20. The molecule has 0 radical (unpaired) electrons. The summed E-state index contributed by atoms with van der Waals surface area (Å²) in [5, 5.41) is 3.50. The first-order valence-corrected chi connectivity index (χ1v) is 16.1. The van der Waals surface area contributed by atoms with Crippen molar-refractivity contribution in [1.82, 2.24) is 15.2 Å². The summed E-state index contributed by atoms with van der Waals surface area (Å²) in [6.07, 6.45) is 12.4. The molecule has 5 fully saturated rings. The Labute approximate surface area is 255 Å². The topological polar surface area (TPSA) is 90.0 Å². The number of nitrogens with zero attached hydrogens (tertiary/aromatic N) is 2. The maximum absolute atomic E-state index is 13.2. The van der Waals surface area contributed by atoms with Gasteiger partial charge in [-0.25, -0.2) is 9.78 Å². The van der Waals surface area contributed by atoms with Crippen LogP contribution in [0.15, 0.2) is 12.3 Å². The largest absolute Gasteiger partial charge is 0.444 e. The fourth-order valence-electron chi connectivity index (χ4n) is 7.65. The first-order chi connectivity index (χ1) is 20.1. The molecule has 0 spiro atoms. The Hall–Kier alpha value is -2.34. The van der Waals surface area contributed by atoms with E-state index in [0.717, 1.165) is 43.6 Å². The first kappa shape index (κ1) is 31.1. The lowest BCUT2D eigenvalue weighted by molar-refractivity contribution is -0.163. The van der Waals surface area contributed by atoms with Crippen LogP contribution in [0.25, 0.3) is 0 Å². The number of ether oxygens (including phenoxy) is 3. The van der Waals surface area contributed by atoms with E-state index < -0.39 is 11.7 Å². The van der Waals surface area contributed by atoms with Crippen molar-refractivity contribution in [2.45, 2.75) is 96.9 Å². The highest BCUT2D eigenvalue weighted by atomic mass is 35.5. The van der Waals surface area contributed by atoms with Crippen LogP contribution in [0.4, 0.5) is 4.79 Å². The van der Waals surface area contributed by atoms with Crippen LogP contribution in [0.5, 0.6) is 0 Å². The van der Waals surface area contributed by atoms with Crippen molar-refractivity contribution in [3.8, 4) is 11.8 Å². The highest BCUT2D eigenvalue weighted by Crippen LogP contribution is 2.59. The van der Waals surface area contributed by atoms with Crippen LogP contribution in [0, 0.1) is 35.0 Å². The predicted molar refractivity (Wildman–Crippen MR) is 161 cm³/mol. The summed E-state index contributed by atoms with van der Waals surface area (Å²) in [7, 11) is 0. The van der Waals surface area contributed by atoms with Crippen molar-refractivity contribution in [2.75, 3.05) is 32.8 Å². The number of amides is 2. The third-order valence-corrected chi connectivity index (χ3v) is 9.34. The molecule has 6 rings (SSSR count). The fourth-order valence-corrected chi connectivity index (χ4v) is 7.84. The molecule has 1 aromatic heterocycles. The zero-order valence-corrected chi connectivity index (χ0v) is 26.1. The van der Waals surface area contributed by atoms with Gasteiger partial charge in [-0.15, -0.1) is 0 Å². The molecular formula is C33H46ClN3O5. The van der Waals surface area contributed by atoms with Crippen molar-refractivity contribution >= 4 is 23.6 Å². The van der Waals surface area contributed by atoms with Crippen molar-refractivity contribution in [1.29, 1.82) is 0 Å². The van der Waals surface area contributed by atoms with Crippen LogP contribution in [-0.4, -0.2) is 66.6 Å². The number of pyridine rings is 1. The molecule has 5 aliphatic rings. The standard InChI is InChI=1S/C33H46ClN3O5/c1-32(2,3)42-31(39)37(11-7-13-41-29-9-4-5-12-40-29)10-6-8-26-17-27(28(34)21-35-26)30(38)36-22-33-18-23-14-24(19-33)16-25(15-23)20-33/h17,21,23-25,29H,4-5,7,9-16,18-20,22H2,1-3H3,(H,36,38). The van der Waals surface area contributed by atoms with Gasteiger partial charge in [-0.2, -0.15) is 0 Å². The van der Waals surface area contributed by atoms with Crippen molar-refractivity contribution in [3.05, 3.63) is 28.5 Å². The van der Waals surface area contributed by atoms with E-state index in [2.05, 4.69) is 22.1 Å². The molecule has 1 atom stereocenters. The van der Waals surface area contributed by atoms with E-state index in [-0.39, 0.29) is 24.2 Å². The number of hydrogen-bond acceptors (Lipinski definition) is 6. The molecule has 4 saturated carbocycles. The summed E-state index contributed by atoms with van der Waals surface area (Å²) < 4.78 is 17.0. The normalized spacial score (nSPS) is 28.1. The van der Waals surface area contributed by atoms with E-state index >= 15 is 0 Å². The second-order valence-electron chi connectivity index (χ2n) is 13.9. The van der Waals surface area contributed by atoms with Gasteiger partial charge in [-0.3, -0.25) is 9.69 Å². The lowest BCUT2D eigenvalue weighted by Gasteiger charge is -2.56. The van der Waals surface area contributed by atoms with Crippen LogP contribution in [0.3, 0.4) is 0 Å². The number of rotatable bonds is 9. The molecular weight excluding hydrogens is 554 g/mol. The summed E-state index contributed by atoms with van der Waals surface area (Å²) in [4.78, 5) is 32.0. The number of halogens is 1. The summed E-state index contributed by atoms with van der Waals surface area (Å²) >= 11 is 6.40. The molecule has 2 amide bonds. The zero-order chi connectivity index (χ0) is 29.7. The van der Waals surface area contributed by atoms with E-state index in [9.17, 15) is 9.59 Å². The Bertz CT molecular complexity index is 1150. The molecule has 1 unspecified atom stereocenters. The average Bonchev–Trinajstić information content (AvgIpc) is 2.93. The maximum Gasteiger partial charge on any atom is 0.411 e. The van der Waals surface area contributed by atoms with E-state index in [0.29, 0.717) is 42.4 Å². The van der Waals surface area contributed by atoms with E-state index in [1.54, 1.807) is 11.0 Å². The molecule has 42 heavy (non-hydrogen) atoms. The Morgan fingerprint density at radius 3 is 2.52 bits per heavy atom. The van der Waals surface area contributed by atoms with Gasteiger partial charge in [-0.05, 0) is 120 Å². The minimum atomic E-state index is -0.620. The fraction of sp³-hybridized carbons (Fsp3) is 0.727. The number of carbonyl (C=O) groups is 2. The summed E-state index contributed by atoms with van der Waals surface area (Å²) in [6.45, 7) is 8.03. The van der Waals surface area contributed by atoms with E-state index in [1.807, 2.05) is 20.8 Å². The van der Waals surface area contributed by atoms with Gasteiger partial charge in [0.05, 0.1) is 23.7 Å². The molecule has 0 aromatic carbocycles. The molecule has 2 heterocycles. The second kappa shape index (κ2) is 13.5. The number of carbonyl (C=O) groups excluding carboxylic acids is 2. The highest BCUT2D eigenvalue weighted by molar-refractivity contribution is 6.33. The molecule has 1 saturated heterocycles. The monoisotopic (exact) mass is 599 g/mol. The Morgan fingerprint density at radius 1 is 1.17 bits per heavy atom. The Morgan fingerprint density at radius 2 is 1.88 bits per heavy atom. The molecule has 4 aliphatic carbocycles. The molecule has 4 bridgehead atoms. The third kappa shape index (κ3) is 8.39. The SMILES string of the molecule is CC(C)(C)OC(=O)N(CC#Cc1cc(C(=O)NCC23CC4CC(CC(C4)C2)C3)c(Cl)cn1)CCCOC1CCCCO1. The molecule has 8 nitrogen and oxygen atoms in total.